The zero-order valence-electron chi connectivity index (χ0n) is 13.4. The third-order valence-corrected chi connectivity index (χ3v) is 2.99. The van der Waals surface area contributed by atoms with Gasteiger partial charge in [0, 0.05) is 17.3 Å². The largest absolute Gasteiger partial charge is 0.471 e. The monoisotopic (exact) mass is 424 g/mol. The number of aliphatic hydroxyl groups is 1. The predicted octanol–water partition coefficient (Wildman–Crippen LogP) is 3.43. The van der Waals surface area contributed by atoms with E-state index >= 15 is 0 Å². The fraction of sp³-hybridized carbons (Fsp3) is 0.200. The van der Waals surface area contributed by atoms with E-state index < -0.39 is 18.0 Å². The lowest BCUT2D eigenvalue weighted by Gasteiger charge is -2.02. The van der Waals surface area contributed by atoms with Crippen LogP contribution < -0.4 is 5.32 Å². The minimum atomic E-state index is -4.70. The molecule has 0 fully saturated rings. The Hall–Kier alpha value is -2.43. The number of hydrogen-bond donors (Lipinski definition) is 3. The second kappa shape index (κ2) is 10.7. The molecule has 7 nitrogen and oxygen atoms in total. The fourth-order valence-corrected chi connectivity index (χ4v) is 1.68. The van der Waals surface area contributed by atoms with E-state index in [-0.39, 0.29) is 29.0 Å². The highest BCUT2D eigenvalue weighted by Gasteiger charge is 2.38. The molecule has 0 unspecified atom stereocenters. The molecule has 0 saturated carbocycles. The first-order valence-electron chi connectivity index (χ1n) is 7.09. The van der Waals surface area contributed by atoms with Crippen LogP contribution in [0, 0.1) is 5.41 Å². The highest BCUT2D eigenvalue weighted by atomic mass is 35.5. The maximum Gasteiger partial charge on any atom is 0.471 e. The average molecular weight is 425 g/mol. The third-order valence-electron chi connectivity index (χ3n) is 2.68. The number of carbonyl (C=O) groups is 1. The number of rotatable bonds is 5. The van der Waals surface area contributed by atoms with E-state index in [4.69, 9.17) is 33.7 Å². The highest BCUT2D eigenvalue weighted by Crippen LogP contribution is 2.29. The van der Waals surface area contributed by atoms with Gasteiger partial charge < -0.3 is 20.4 Å². The molecule has 0 aliphatic rings. The SMILES string of the molecule is N=CCNC(=O)c1ccc(-c2noc(C(F)(F)F)n2)cc1.OCC=C(Cl)Cl. The van der Waals surface area contributed by atoms with Crippen LogP contribution in [0.4, 0.5) is 13.2 Å². The first-order chi connectivity index (χ1) is 12.7. The van der Waals surface area contributed by atoms with Gasteiger partial charge in [0.15, 0.2) is 0 Å². The van der Waals surface area contributed by atoms with Crippen molar-refractivity contribution < 1.29 is 27.6 Å². The third kappa shape index (κ3) is 7.77. The molecule has 12 heteroatoms. The molecule has 27 heavy (non-hydrogen) atoms. The van der Waals surface area contributed by atoms with Crippen LogP contribution in [0.2, 0.25) is 0 Å². The summed E-state index contributed by atoms with van der Waals surface area (Å²) in [5.74, 6) is -2.03. The molecule has 0 saturated heterocycles. The van der Waals surface area contributed by atoms with Crippen LogP contribution in [0.5, 0.6) is 0 Å². The second-order valence-electron chi connectivity index (χ2n) is 4.59. The minimum Gasteiger partial charge on any atom is -0.392 e. The van der Waals surface area contributed by atoms with E-state index in [0.29, 0.717) is 5.56 Å². The molecule has 1 aromatic carbocycles. The van der Waals surface area contributed by atoms with Gasteiger partial charge in [-0.2, -0.15) is 18.2 Å². The number of aliphatic hydroxyl groups excluding tert-OH is 1. The second-order valence-corrected chi connectivity index (χ2v) is 5.60. The zero-order valence-corrected chi connectivity index (χ0v) is 14.9. The van der Waals surface area contributed by atoms with Crippen LogP contribution in [-0.4, -0.2) is 40.5 Å². The van der Waals surface area contributed by atoms with Crippen LogP contribution in [0.3, 0.4) is 0 Å². The molecule has 1 heterocycles. The van der Waals surface area contributed by atoms with Crippen LogP contribution in [0.1, 0.15) is 16.2 Å². The minimum absolute atomic E-state index is 0.0949. The number of amides is 1. The lowest BCUT2D eigenvalue weighted by atomic mass is 10.1. The first kappa shape index (κ1) is 22.6. The molecule has 2 aromatic rings. The fourth-order valence-electron chi connectivity index (χ4n) is 1.54. The smallest absolute Gasteiger partial charge is 0.392 e. The maximum absolute atomic E-state index is 12.3. The molecule has 2 rings (SSSR count). The van der Waals surface area contributed by atoms with Crippen molar-refractivity contribution in [3.8, 4) is 11.4 Å². The van der Waals surface area contributed by atoms with Crippen molar-refractivity contribution in [1.29, 1.82) is 5.41 Å². The van der Waals surface area contributed by atoms with Gasteiger partial charge in [-0.25, -0.2) is 0 Å². The summed E-state index contributed by atoms with van der Waals surface area (Å²) in [5.41, 5.74) is 0.595. The van der Waals surface area contributed by atoms with Crippen LogP contribution in [-0.2, 0) is 6.18 Å². The Morgan fingerprint density at radius 1 is 1.30 bits per heavy atom. The van der Waals surface area contributed by atoms with E-state index in [2.05, 4.69) is 20.0 Å². The molecular formula is C15H13Cl2F3N4O3. The Bertz CT molecular complexity index is 788. The summed E-state index contributed by atoms with van der Waals surface area (Å²) in [6.07, 6.45) is -2.37. The molecule has 0 atom stereocenters. The molecule has 1 aromatic heterocycles. The van der Waals surface area contributed by atoms with Gasteiger partial charge in [-0.05, 0) is 18.2 Å². The number of nitrogens with one attached hydrogen (secondary N) is 2. The number of carbonyl (C=O) groups excluding carboxylic acids is 1. The number of alkyl halides is 3. The van der Waals surface area contributed by atoms with Gasteiger partial charge in [0.05, 0.1) is 13.2 Å². The topological polar surface area (TPSA) is 112 Å². The van der Waals surface area contributed by atoms with Crippen LogP contribution in [0.25, 0.3) is 11.4 Å². The van der Waals surface area contributed by atoms with Gasteiger partial charge in [0.2, 0.25) is 5.82 Å². The van der Waals surface area contributed by atoms with Crippen molar-refractivity contribution >= 4 is 35.3 Å². The van der Waals surface area contributed by atoms with Gasteiger partial charge in [-0.1, -0.05) is 40.5 Å². The summed E-state index contributed by atoms with van der Waals surface area (Å²) >= 11 is 10.1. The standard InChI is InChI=1S/C12H9F3N4O2.C3H4Cl2O/c13-12(14,15)11-18-9(19-21-11)7-1-3-8(4-2-7)10(20)17-6-5-16;4-3(5)1-2-6/h1-5,16H,6H2,(H,17,20);1,6H,2H2. The summed E-state index contributed by atoms with van der Waals surface area (Å²) in [5, 5.41) is 20.5. The van der Waals surface area contributed by atoms with Crippen LogP contribution >= 0.6 is 23.2 Å². The summed E-state index contributed by atoms with van der Waals surface area (Å²) < 4.78 is 41.2. The van der Waals surface area contributed by atoms with Gasteiger partial charge in [-0.3, -0.25) is 4.79 Å². The quantitative estimate of drug-likeness (QED) is 0.636. The van der Waals surface area contributed by atoms with E-state index in [0.717, 1.165) is 6.21 Å². The number of aromatic nitrogens is 2. The van der Waals surface area contributed by atoms with Gasteiger partial charge in [0.25, 0.3) is 5.91 Å². The Labute approximate surface area is 161 Å². The molecule has 0 radical (unpaired) electrons. The Morgan fingerprint density at radius 2 is 1.93 bits per heavy atom. The predicted molar refractivity (Wildman–Crippen MR) is 92.7 cm³/mol. The van der Waals surface area contributed by atoms with Gasteiger partial charge >= 0.3 is 12.1 Å². The van der Waals surface area contributed by atoms with Crippen molar-refractivity contribution in [3.63, 3.8) is 0 Å². The summed E-state index contributed by atoms with van der Waals surface area (Å²) in [7, 11) is 0. The summed E-state index contributed by atoms with van der Waals surface area (Å²) in [6.45, 7) is 0.00268. The van der Waals surface area contributed by atoms with Crippen molar-refractivity contribution in [2.75, 3.05) is 13.2 Å². The Morgan fingerprint density at radius 3 is 2.33 bits per heavy atom. The van der Waals surface area contributed by atoms with Crippen molar-refractivity contribution in [2.24, 2.45) is 0 Å². The molecule has 0 aliphatic heterocycles. The Balaban J connectivity index is 0.000000527. The van der Waals surface area contributed by atoms with Crippen molar-refractivity contribution in [3.05, 3.63) is 46.3 Å². The number of nitrogens with zero attached hydrogens (tertiary/aromatic N) is 2. The molecule has 0 aliphatic carbocycles. The average Bonchev–Trinajstić information content (AvgIpc) is 3.11. The Kier molecular flexibility index (Phi) is 8.92. The van der Waals surface area contributed by atoms with E-state index in [1.165, 1.54) is 30.3 Å². The first-order valence-corrected chi connectivity index (χ1v) is 7.85. The van der Waals surface area contributed by atoms with Crippen LogP contribution in [0.15, 0.2) is 39.4 Å². The van der Waals surface area contributed by atoms with Gasteiger partial charge in [-0.15, -0.1) is 0 Å². The molecule has 0 spiro atoms. The van der Waals surface area contributed by atoms with Crippen molar-refractivity contribution in [2.45, 2.75) is 6.18 Å². The number of halogens is 5. The van der Waals surface area contributed by atoms with E-state index in [1.807, 2.05) is 0 Å². The maximum atomic E-state index is 12.3. The molecule has 0 bridgehead atoms. The molecular weight excluding hydrogens is 412 g/mol. The molecule has 3 N–H and O–H groups in total. The summed E-state index contributed by atoms with van der Waals surface area (Å²) in [4.78, 5) is 14.8. The summed E-state index contributed by atoms with van der Waals surface area (Å²) in [6, 6.07) is 5.64. The lowest BCUT2D eigenvalue weighted by molar-refractivity contribution is -0.159. The highest BCUT2D eigenvalue weighted by molar-refractivity contribution is 6.55. The zero-order chi connectivity index (χ0) is 20.4. The number of hydrogen-bond acceptors (Lipinski definition) is 6. The van der Waals surface area contributed by atoms with E-state index in [1.54, 1.807) is 0 Å². The lowest BCUT2D eigenvalue weighted by Crippen LogP contribution is -2.24. The van der Waals surface area contributed by atoms with E-state index in [9.17, 15) is 18.0 Å². The van der Waals surface area contributed by atoms with Gasteiger partial charge in [0.1, 0.15) is 4.49 Å². The molecule has 1 amide bonds. The number of benzene rings is 1. The normalized spacial score (nSPS) is 10.4. The molecule has 146 valence electrons. The van der Waals surface area contributed by atoms with Crippen molar-refractivity contribution in [1.82, 2.24) is 15.5 Å².